The Labute approximate surface area is 119 Å². The van der Waals surface area contributed by atoms with Crippen molar-refractivity contribution < 1.29 is 4.79 Å². The summed E-state index contributed by atoms with van der Waals surface area (Å²) in [7, 11) is 3.50. The fraction of sp³-hybridized carbons (Fsp3) is 0.462. The van der Waals surface area contributed by atoms with Crippen LogP contribution in [0.2, 0.25) is 0 Å². The Hall–Kier alpha value is -1.69. The molecule has 19 heavy (non-hydrogen) atoms. The smallest absolute Gasteiger partial charge is 0.241 e. The van der Waals surface area contributed by atoms with E-state index in [-0.39, 0.29) is 10.9 Å². The zero-order valence-electron chi connectivity index (χ0n) is 11.6. The van der Waals surface area contributed by atoms with E-state index in [4.69, 9.17) is 18.0 Å². The van der Waals surface area contributed by atoms with Crippen molar-refractivity contribution in [3.8, 4) is 0 Å². The third-order valence-corrected chi connectivity index (χ3v) is 2.89. The van der Waals surface area contributed by atoms with Crippen molar-refractivity contribution in [1.29, 1.82) is 0 Å². The lowest BCUT2D eigenvalue weighted by atomic mass is 10.2. The zero-order valence-corrected chi connectivity index (χ0v) is 12.4. The molecule has 0 bridgehead atoms. The second-order valence-electron chi connectivity index (χ2n) is 4.47. The molecule has 0 aliphatic carbocycles. The van der Waals surface area contributed by atoms with Crippen LogP contribution in [-0.4, -0.2) is 48.0 Å². The van der Waals surface area contributed by atoms with Crippen LogP contribution in [0.25, 0.3) is 0 Å². The van der Waals surface area contributed by atoms with Gasteiger partial charge in [-0.15, -0.1) is 0 Å². The Morgan fingerprint density at radius 1 is 1.47 bits per heavy atom. The molecule has 0 unspecified atom stereocenters. The molecule has 1 rings (SSSR count). The van der Waals surface area contributed by atoms with Crippen molar-refractivity contribution in [1.82, 2.24) is 9.88 Å². The molecule has 0 saturated heterocycles. The summed E-state index contributed by atoms with van der Waals surface area (Å²) in [6, 6.07) is 3.68. The lowest BCUT2D eigenvalue weighted by Crippen LogP contribution is -2.37. The second-order valence-corrected chi connectivity index (χ2v) is 4.91. The Morgan fingerprint density at radius 2 is 2.16 bits per heavy atom. The van der Waals surface area contributed by atoms with Gasteiger partial charge in [0.2, 0.25) is 5.91 Å². The van der Waals surface area contributed by atoms with E-state index in [1.54, 1.807) is 25.2 Å². The van der Waals surface area contributed by atoms with E-state index in [2.05, 4.69) is 11.9 Å². The van der Waals surface area contributed by atoms with E-state index in [9.17, 15) is 4.79 Å². The van der Waals surface area contributed by atoms with Crippen LogP contribution in [0.5, 0.6) is 0 Å². The van der Waals surface area contributed by atoms with Crippen molar-refractivity contribution in [2.75, 3.05) is 32.1 Å². The van der Waals surface area contributed by atoms with E-state index in [1.165, 1.54) is 0 Å². The van der Waals surface area contributed by atoms with Gasteiger partial charge < -0.3 is 15.5 Å². The largest absolute Gasteiger partial charge is 0.388 e. The molecule has 1 amide bonds. The van der Waals surface area contributed by atoms with Gasteiger partial charge in [-0.2, -0.15) is 0 Å². The minimum Gasteiger partial charge on any atom is -0.388 e. The first kappa shape index (κ1) is 15.4. The Morgan fingerprint density at radius 3 is 2.68 bits per heavy atom. The van der Waals surface area contributed by atoms with Gasteiger partial charge in [-0.05, 0) is 18.6 Å². The molecule has 2 N–H and O–H groups in total. The number of likely N-dealkylation sites (N-methyl/N-ethyl adjacent to an activating group) is 1. The monoisotopic (exact) mass is 280 g/mol. The van der Waals surface area contributed by atoms with Crippen LogP contribution in [0.1, 0.15) is 19.0 Å². The van der Waals surface area contributed by atoms with E-state index < -0.39 is 0 Å². The summed E-state index contributed by atoms with van der Waals surface area (Å²) in [6.07, 6.45) is 2.61. The zero-order chi connectivity index (χ0) is 14.4. The maximum atomic E-state index is 11.8. The topological polar surface area (TPSA) is 62.5 Å². The molecule has 1 aromatic rings. The molecule has 0 fully saturated rings. The third-order valence-electron chi connectivity index (χ3n) is 2.68. The molecule has 0 atom stereocenters. The standard InChI is InChI=1S/C13H20N4OS/c1-4-7-17(9-12(18)16(2)3)10-5-6-15-11(8-10)13(14)19/h5-6,8H,4,7,9H2,1-3H3,(H2,14,19). The molecule has 5 nitrogen and oxygen atoms in total. The lowest BCUT2D eigenvalue weighted by molar-refractivity contribution is -0.127. The van der Waals surface area contributed by atoms with Gasteiger partial charge in [-0.25, -0.2) is 0 Å². The van der Waals surface area contributed by atoms with E-state index in [0.717, 1.165) is 18.7 Å². The number of anilines is 1. The van der Waals surface area contributed by atoms with Crippen LogP contribution in [-0.2, 0) is 4.79 Å². The van der Waals surface area contributed by atoms with Gasteiger partial charge in [0, 0.05) is 32.5 Å². The van der Waals surface area contributed by atoms with Crippen LogP contribution < -0.4 is 10.6 Å². The number of amides is 1. The predicted molar refractivity (Wildman–Crippen MR) is 81.3 cm³/mol. The number of nitrogens with zero attached hydrogens (tertiary/aromatic N) is 3. The number of aromatic nitrogens is 1. The van der Waals surface area contributed by atoms with Gasteiger partial charge in [-0.3, -0.25) is 9.78 Å². The highest BCUT2D eigenvalue weighted by Crippen LogP contribution is 2.15. The number of pyridine rings is 1. The van der Waals surface area contributed by atoms with Crippen LogP contribution in [0, 0.1) is 0 Å². The maximum absolute atomic E-state index is 11.8. The van der Waals surface area contributed by atoms with E-state index in [0.29, 0.717) is 12.2 Å². The predicted octanol–water partition coefficient (Wildman–Crippen LogP) is 1.02. The summed E-state index contributed by atoms with van der Waals surface area (Å²) in [5.74, 6) is 0.0575. The summed E-state index contributed by atoms with van der Waals surface area (Å²) in [4.78, 5) is 19.8. The molecule has 0 saturated carbocycles. The van der Waals surface area contributed by atoms with Crippen LogP contribution in [0.3, 0.4) is 0 Å². The Balaban J connectivity index is 2.95. The van der Waals surface area contributed by atoms with Crippen LogP contribution in [0.4, 0.5) is 5.69 Å². The van der Waals surface area contributed by atoms with Crippen LogP contribution >= 0.6 is 12.2 Å². The number of hydrogen-bond donors (Lipinski definition) is 1. The van der Waals surface area contributed by atoms with Gasteiger partial charge in [0.15, 0.2) is 0 Å². The van der Waals surface area contributed by atoms with Crippen molar-refractivity contribution in [3.05, 3.63) is 24.0 Å². The summed E-state index contributed by atoms with van der Waals surface area (Å²) >= 11 is 4.92. The van der Waals surface area contributed by atoms with Crippen molar-refractivity contribution >= 4 is 28.8 Å². The molecule has 0 aromatic carbocycles. The molecular weight excluding hydrogens is 260 g/mol. The van der Waals surface area contributed by atoms with Gasteiger partial charge in [0.1, 0.15) is 4.99 Å². The summed E-state index contributed by atoms with van der Waals surface area (Å²) in [5.41, 5.74) is 7.07. The summed E-state index contributed by atoms with van der Waals surface area (Å²) in [6.45, 7) is 3.20. The quantitative estimate of drug-likeness (QED) is 0.788. The average Bonchev–Trinajstić information content (AvgIpc) is 2.38. The Kier molecular flexibility index (Phi) is 5.69. The minimum atomic E-state index is 0.0575. The van der Waals surface area contributed by atoms with Crippen LogP contribution in [0.15, 0.2) is 18.3 Å². The van der Waals surface area contributed by atoms with Gasteiger partial charge in [-0.1, -0.05) is 19.1 Å². The molecule has 0 aliphatic heterocycles. The third kappa shape index (κ3) is 4.48. The highest BCUT2D eigenvalue weighted by molar-refractivity contribution is 7.80. The van der Waals surface area contributed by atoms with Gasteiger partial charge in [0.05, 0.1) is 12.2 Å². The fourth-order valence-corrected chi connectivity index (χ4v) is 1.74. The van der Waals surface area contributed by atoms with Crippen molar-refractivity contribution in [3.63, 3.8) is 0 Å². The van der Waals surface area contributed by atoms with E-state index >= 15 is 0 Å². The molecular formula is C13H20N4OS. The summed E-state index contributed by atoms with van der Waals surface area (Å²) in [5, 5.41) is 0. The summed E-state index contributed by atoms with van der Waals surface area (Å²) < 4.78 is 0. The fourth-order valence-electron chi connectivity index (χ4n) is 1.62. The number of carbonyl (C=O) groups is 1. The number of carbonyl (C=O) groups excluding carboxylic acids is 1. The Bertz CT molecular complexity index is 462. The number of nitrogens with two attached hydrogens (primary N) is 1. The lowest BCUT2D eigenvalue weighted by Gasteiger charge is -2.25. The molecule has 0 aliphatic rings. The van der Waals surface area contributed by atoms with Crippen molar-refractivity contribution in [2.45, 2.75) is 13.3 Å². The molecule has 0 radical (unpaired) electrons. The van der Waals surface area contributed by atoms with Gasteiger partial charge in [0.25, 0.3) is 0 Å². The molecule has 0 spiro atoms. The first-order chi connectivity index (χ1) is 8.95. The highest BCUT2D eigenvalue weighted by Gasteiger charge is 2.13. The van der Waals surface area contributed by atoms with E-state index in [1.807, 2.05) is 17.0 Å². The van der Waals surface area contributed by atoms with Crippen molar-refractivity contribution in [2.24, 2.45) is 5.73 Å². The SMILES string of the molecule is CCCN(CC(=O)N(C)C)c1ccnc(C(N)=S)c1. The molecule has 1 aromatic heterocycles. The number of hydrogen-bond acceptors (Lipinski definition) is 4. The van der Waals surface area contributed by atoms with Gasteiger partial charge >= 0.3 is 0 Å². The molecule has 104 valence electrons. The number of thiocarbonyl (C=S) groups is 1. The first-order valence-electron chi connectivity index (χ1n) is 6.16. The average molecular weight is 280 g/mol. The maximum Gasteiger partial charge on any atom is 0.241 e. The normalized spacial score (nSPS) is 10.1. The molecule has 1 heterocycles. The minimum absolute atomic E-state index is 0.0575. The number of rotatable bonds is 6. The second kappa shape index (κ2) is 7.04. The highest BCUT2D eigenvalue weighted by atomic mass is 32.1. The first-order valence-corrected chi connectivity index (χ1v) is 6.57. The molecule has 6 heteroatoms.